The molecule has 0 heterocycles. The summed E-state index contributed by atoms with van der Waals surface area (Å²) in [7, 11) is 0. The van der Waals surface area contributed by atoms with Gasteiger partial charge in [0.2, 0.25) is 0 Å². The summed E-state index contributed by atoms with van der Waals surface area (Å²) in [4.78, 5) is 18.7. The topological polar surface area (TPSA) is 32.8 Å². The average Bonchev–Trinajstić information content (AvgIpc) is 2.97. The van der Waals surface area contributed by atoms with E-state index in [0.29, 0.717) is 0 Å². The Hall–Kier alpha value is -3.73. The Morgan fingerprint density at radius 3 is 1.45 bits per heavy atom. The van der Waals surface area contributed by atoms with Crippen molar-refractivity contribution in [3.63, 3.8) is 0 Å². The van der Waals surface area contributed by atoms with Crippen molar-refractivity contribution in [2.24, 2.45) is 0 Å². The van der Waals surface area contributed by atoms with Crippen molar-refractivity contribution >= 4 is 5.97 Å². The third-order valence-electron chi connectivity index (χ3n) is 7.45. The van der Waals surface area contributed by atoms with E-state index < -0.39 is 5.60 Å². The van der Waals surface area contributed by atoms with E-state index in [-0.39, 0.29) is 30.5 Å². The molecule has 0 aliphatic carbocycles. The van der Waals surface area contributed by atoms with Gasteiger partial charge in [0.1, 0.15) is 5.60 Å². The van der Waals surface area contributed by atoms with E-state index in [1.807, 2.05) is 20.8 Å². The second kappa shape index (κ2) is 14.9. The van der Waals surface area contributed by atoms with Crippen molar-refractivity contribution in [1.82, 2.24) is 9.80 Å². The Labute approximate surface area is 253 Å². The second-order valence-electron chi connectivity index (χ2n) is 12.3. The van der Waals surface area contributed by atoms with Gasteiger partial charge < -0.3 is 4.74 Å². The number of esters is 1. The molecule has 0 saturated heterocycles. The highest BCUT2D eigenvalue weighted by molar-refractivity contribution is 5.71. The van der Waals surface area contributed by atoms with Crippen molar-refractivity contribution in [1.29, 1.82) is 0 Å². The molecule has 0 aliphatic rings. The molecule has 2 atom stereocenters. The van der Waals surface area contributed by atoms with Gasteiger partial charge in [-0.1, -0.05) is 121 Å². The van der Waals surface area contributed by atoms with Gasteiger partial charge in [-0.2, -0.15) is 0 Å². The lowest BCUT2D eigenvalue weighted by Crippen LogP contribution is -2.50. The SMILES string of the molecule is CC(C)N(Cc1ccccc1)[C@H](CC(=O)OC(C)(C)C)[C@H](c1ccccc1)N(Cc1ccccc1)Cc1ccccc1. The highest BCUT2D eigenvalue weighted by atomic mass is 16.6. The zero-order valence-corrected chi connectivity index (χ0v) is 25.8. The quantitative estimate of drug-likeness (QED) is 0.153. The van der Waals surface area contributed by atoms with Gasteiger partial charge in [0.25, 0.3) is 0 Å². The summed E-state index contributed by atoms with van der Waals surface area (Å²) in [5.41, 5.74) is 4.34. The molecule has 42 heavy (non-hydrogen) atoms. The van der Waals surface area contributed by atoms with Gasteiger partial charge in [-0.3, -0.25) is 14.6 Å². The van der Waals surface area contributed by atoms with Crippen molar-refractivity contribution in [3.05, 3.63) is 144 Å². The number of rotatable bonds is 13. The fraction of sp³-hybridized carbons (Fsp3) is 0.342. The number of hydrogen-bond donors (Lipinski definition) is 0. The molecule has 0 aliphatic heterocycles. The Morgan fingerprint density at radius 1 is 0.643 bits per heavy atom. The number of hydrogen-bond acceptors (Lipinski definition) is 4. The first kappa shape index (κ1) is 31.2. The average molecular weight is 563 g/mol. The summed E-state index contributed by atoms with van der Waals surface area (Å²) in [6, 6.07) is 42.5. The third kappa shape index (κ3) is 9.40. The van der Waals surface area contributed by atoms with E-state index in [0.717, 1.165) is 19.6 Å². The Bertz CT molecular complexity index is 1290. The van der Waals surface area contributed by atoms with Crippen LogP contribution in [0.1, 0.15) is 69.3 Å². The fourth-order valence-corrected chi connectivity index (χ4v) is 5.66. The van der Waals surface area contributed by atoms with Gasteiger partial charge in [-0.25, -0.2) is 0 Å². The van der Waals surface area contributed by atoms with Crippen LogP contribution in [0.2, 0.25) is 0 Å². The first-order chi connectivity index (χ1) is 20.2. The second-order valence-corrected chi connectivity index (χ2v) is 12.3. The van der Waals surface area contributed by atoms with Gasteiger partial charge in [-0.05, 0) is 56.9 Å². The van der Waals surface area contributed by atoms with Gasteiger partial charge in [0.15, 0.2) is 0 Å². The predicted octanol–water partition coefficient (Wildman–Crippen LogP) is 8.44. The molecule has 4 aromatic rings. The minimum Gasteiger partial charge on any atom is -0.460 e. The largest absolute Gasteiger partial charge is 0.460 e. The standard InChI is InChI=1S/C38H46N2O2/c1-30(2)40(29-33-22-14-8-15-23-33)35(26-36(41)42-38(3,4)5)37(34-24-16-9-17-25-34)39(27-31-18-10-6-11-19-31)28-32-20-12-7-13-21-32/h6-25,30,35,37H,26-29H2,1-5H3/t35-,37+/m1/s1. The molecular weight excluding hydrogens is 516 g/mol. The lowest BCUT2D eigenvalue weighted by Gasteiger charge is -2.44. The highest BCUT2D eigenvalue weighted by Crippen LogP contribution is 2.35. The molecule has 0 saturated carbocycles. The summed E-state index contributed by atoms with van der Waals surface area (Å²) >= 11 is 0. The van der Waals surface area contributed by atoms with E-state index in [4.69, 9.17) is 4.74 Å². The summed E-state index contributed by atoms with van der Waals surface area (Å²) in [6.45, 7) is 12.5. The minimum absolute atomic E-state index is 0.0785. The highest BCUT2D eigenvalue weighted by Gasteiger charge is 2.37. The normalized spacial score (nSPS) is 13.3. The first-order valence-corrected chi connectivity index (χ1v) is 15.1. The number of ether oxygens (including phenoxy) is 1. The molecule has 0 spiro atoms. The molecule has 4 rings (SSSR count). The van der Waals surface area contributed by atoms with Crippen LogP contribution in [0.15, 0.2) is 121 Å². The molecule has 0 radical (unpaired) electrons. The molecule has 4 heteroatoms. The van der Waals surface area contributed by atoms with E-state index in [1.165, 1.54) is 22.3 Å². The van der Waals surface area contributed by atoms with E-state index in [2.05, 4.69) is 145 Å². The van der Waals surface area contributed by atoms with Crippen LogP contribution in [-0.4, -0.2) is 33.5 Å². The smallest absolute Gasteiger partial charge is 0.307 e. The van der Waals surface area contributed by atoms with E-state index in [1.54, 1.807) is 0 Å². The lowest BCUT2D eigenvalue weighted by atomic mass is 9.91. The van der Waals surface area contributed by atoms with Crippen LogP contribution in [0.3, 0.4) is 0 Å². The monoisotopic (exact) mass is 562 g/mol. The molecule has 4 nitrogen and oxygen atoms in total. The van der Waals surface area contributed by atoms with Crippen molar-refractivity contribution < 1.29 is 9.53 Å². The van der Waals surface area contributed by atoms with Gasteiger partial charge in [-0.15, -0.1) is 0 Å². The summed E-state index contributed by atoms with van der Waals surface area (Å²) in [6.07, 6.45) is 0.280. The molecule has 0 unspecified atom stereocenters. The molecule has 0 N–H and O–H groups in total. The molecule has 0 aromatic heterocycles. The molecular formula is C38H46N2O2. The van der Waals surface area contributed by atoms with Gasteiger partial charge in [0, 0.05) is 31.7 Å². The van der Waals surface area contributed by atoms with Gasteiger partial charge >= 0.3 is 5.97 Å². The summed E-state index contributed by atoms with van der Waals surface area (Å²) < 4.78 is 5.97. The number of carbonyl (C=O) groups excluding carboxylic acids is 1. The molecule has 4 aromatic carbocycles. The zero-order valence-electron chi connectivity index (χ0n) is 25.8. The van der Waals surface area contributed by atoms with Crippen LogP contribution in [0.4, 0.5) is 0 Å². The van der Waals surface area contributed by atoms with Crippen LogP contribution >= 0.6 is 0 Å². The molecule has 0 amide bonds. The van der Waals surface area contributed by atoms with Crippen LogP contribution in [-0.2, 0) is 29.2 Å². The molecule has 0 fully saturated rings. The Morgan fingerprint density at radius 2 is 1.05 bits per heavy atom. The molecule has 220 valence electrons. The van der Waals surface area contributed by atoms with Crippen LogP contribution in [0.25, 0.3) is 0 Å². The summed E-state index contributed by atoms with van der Waals surface area (Å²) in [5, 5.41) is 0. The zero-order chi connectivity index (χ0) is 30.0. The Balaban J connectivity index is 1.85. The van der Waals surface area contributed by atoms with E-state index >= 15 is 0 Å². The number of benzene rings is 4. The Kier molecular flexibility index (Phi) is 11.1. The fourth-order valence-electron chi connectivity index (χ4n) is 5.66. The van der Waals surface area contributed by atoms with Crippen LogP contribution < -0.4 is 0 Å². The minimum atomic E-state index is -0.556. The number of carbonyl (C=O) groups is 1. The van der Waals surface area contributed by atoms with Crippen LogP contribution in [0.5, 0.6) is 0 Å². The van der Waals surface area contributed by atoms with Gasteiger partial charge in [0.05, 0.1) is 12.5 Å². The maximum absolute atomic E-state index is 13.7. The van der Waals surface area contributed by atoms with Crippen molar-refractivity contribution in [3.8, 4) is 0 Å². The van der Waals surface area contributed by atoms with Crippen molar-refractivity contribution in [2.75, 3.05) is 0 Å². The maximum atomic E-state index is 13.7. The van der Waals surface area contributed by atoms with Crippen LogP contribution in [0, 0.1) is 0 Å². The molecule has 0 bridgehead atoms. The first-order valence-electron chi connectivity index (χ1n) is 15.1. The maximum Gasteiger partial charge on any atom is 0.307 e. The predicted molar refractivity (Wildman–Crippen MR) is 173 cm³/mol. The van der Waals surface area contributed by atoms with Crippen molar-refractivity contribution in [2.45, 2.75) is 84.4 Å². The number of nitrogens with zero attached hydrogens (tertiary/aromatic N) is 2. The third-order valence-corrected chi connectivity index (χ3v) is 7.45. The van der Waals surface area contributed by atoms with E-state index in [9.17, 15) is 4.79 Å². The lowest BCUT2D eigenvalue weighted by molar-refractivity contribution is -0.157. The summed E-state index contributed by atoms with van der Waals surface area (Å²) in [5.74, 6) is -0.175.